The van der Waals surface area contributed by atoms with Crippen LogP contribution in [0.15, 0.2) is 41.4 Å². The van der Waals surface area contributed by atoms with Crippen molar-refractivity contribution in [1.29, 1.82) is 0 Å². The number of nitrogens with zero attached hydrogens (tertiary/aromatic N) is 5. The summed E-state index contributed by atoms with van der Waals surface area (Å²) in [5.74, 6) is 1.000. The summed E-state index contributed by atoms with van der Waals surface area (Å²) in [7, 11) is -2.30. The first-order valence-electron chi connectivity index (χ1n) is 7.09. The van der Waals surface area contributed by atoms with E-state index in [4.69, 9.17) is 11.6 Å². The van der Waals surface area contributed by atoms with Crippen LogP contribution in [0.3, 0.4) is 0 Å². The zero-order valence-corrected chi connectivity index (χ0v) is 15.1. The van der Waals surface area contributed by atoms with Crippen molar-refractivity contribution < 1.29 is 4.21 Å². The van der Waals surface area contributed by atoms with Gasteiger partial charge in [0.25, 0.3) is 0 Å². The van der Waals surface area contributed by atoms with Crippen LogP contribution in [0.25, 0.3) is 22.4 Å². The molecule has 0 saturated carbocycles. The molecule has 0 N–H and O–H groups in total. The summed E-state index contributed by atoms with van der Waals surface area (Å²) >= 11 is 5.95. The van der Waals surface area contributed by atoms with Crippen molar-refractivity contribution in [2.24, 2.45) is 4.36 Å². The van der Waals surface area contributed by atoms with Gasteiger partial charge in [-0.05, 0) is 42.3 Å². The molecule has 0 unspecified atom stereocenters. The number of hydrogen-bond donors (Lipinski definition) is 0. The molecule has 0 aliphatic rings. The number of halogens is 1. The van der Waals surface area contributed by atoms with Gasteiger partial charge in [-0.3, -0.25) is 4.57 Å². The van der Waals surface area contributed by atoms with E-state index in [1.807, 2.05) is 29.7 Å². The van der Waals surface area contributed by atoms with Crippen molar-refractivity contribution in [3.05, 3.63) is 48.0 Å². The van der Waals surface area contributed by atoms with Gasteiger partial charge >= 0.3 is 0 Å². The number of hydrogen-bond acceptors (Lipinski definition) is 5. The van der Waals surface area contributed by atoms with Crippen LogP contribution in [0.2, 0.25) is 5.28 Å². The Balaban J connectivity index is 2.31. The number of fused-ring (bicyclic) bond motifs is 1. The Morgan fingerprint density at radius 3 is 2.75 bits per heavy atom. The lowest BCUT2D eigenvalue weighted by atomic mass is 10.2. The van der Waals surface area contributed by atoms with Gasteiger partial charge in [-0.2, -0.15) is 9.35 Å². The Hall–Kier alpha value is -2.25. The smallest absolute Gasteiger partial charge is 0.224 e. The monoisotopic (exact) mass is 361 g/mol. The average molecular weight is 362 g/mol. The van der Waals surface area contributed by atoms with Gasteiger partial charge in [0.2, 0.25) is 5.28 Å². The highest BCUT2D eigenvalue weighted by atomic mass is 35.5. The van der Waals surface area contributed by atoms with Gasteiger partial charge in [-0.1, -0.05) is 12.6 Å². The molecular weight excluding hydrogens is 346 g/mol. The summed E-state index contributed by atoms with van der Waals surface area (Å²) in [5, 5.41) is 0.984. The highest BCUT2D eigenvalue weighted by Gasteiger charge is 2.15. The highest BCUT2D eigenvalue weighted by Crippen LogP contribution is 2.27. The molecule has 0 spiro atoms. The van der Waals surface area contributed by atoms with Gasteiger partial charge in [0, 0.05) is 33.8 Å². The van der Waals surface area contributed by atoms with E-state index in [1.165, 1.54) is 0 Å². The van der Waals surface area contributed by atoms with Crippen LogP contribution in [-0.2, 0) is 9.73 Å². The van der Waals surface area contributed by atoms with E-state index in [1.54, 1.807) is 24.8 Å². The molecule has 0 aromatic carbocycles. The van der Waals surface area contributed by atoms with Crippen molar-refractivity contribution in [1.82, 2.24) is 19.5 Å². The molecule has 0 fully saturated rings. The van der Waals surface area contributed by atoms with Gasteiger partial charge in [0.1, 0.15) is 5.82 Å². The fourth-order valence-corrected chi connectivity index (χ4v) is 3.01. The number of rotatable bonds is 3. The summed E-state index contributed by atoms with van der Waals surface area (Å²) < 4.78 is 17.9. The summed E-state index contributed by atoms with van der Waals surface area (Å²) in [6, 6.07) is 7.28. The van der Waals surface area contributed by atoms with Crippen molar-refractivity contribution in [3.63, 3.8) is 0 Å². The molecule has 3 aromatic heterocycles. The van der Waals surface area contributed by atoms with E-state index in [0.717, 1.165) is 16.7 Å². The van der Waals surface area contributed by atoms with Crippen molar-refractivity contribution >= 4 is 43.8 Å². The molecule has 3 heterocycles. The third-order valence-electron chi connectivity index (χ3n) is 3.21. The minimum Gasteiger partial charge on any atom is -0.278 e. The van der Waals surface area contributed by atoms with Gasteiger partial charge in [0.15, 0.2) is 11.5 Å². The number of aromatic nitrogens is 4. The first-order valence-corrected chi connectivity index (χ1v) is 9.80. The van der Waals surface area contributed by atoms with E-state index in [9.17, 15) is 4.21 Å². The van der Waals surface area contributed by atoms with Crippen LogP contribution in [0, 0.1) is 0 Å². The van der Waals surface area contributed by atoms with Gasteiger partial charge < -0.3 is 0 Å². The van der Waals surface area contributed by atoms with Crippen molar-refractivity contribution in [3.8, 4) is 5.82 Å². The van der Waals surface area contributed by atoms with Crippen LogP contribution in [-0.4, -0.2) is 36.2 Å². The molecule has 0 aliphatic carbocycles. The quantitative estimate of drug-likeness (QED) is 0.664. The Kier molecular flexibility index (Phi) is 4.15. The topological polar surface area (TPSA) is 73.0 Å². The molecule has 0 saturated heterocycles. The highest BCUT2D eigenvalue weighted by molar-refractivity contribution is 7.92. The maximum Gasteiger partial charge on any atom is 0.224 e. The van der Waals surface area contributed by atoms with Gasteiger partial charge in [-0.15, -0.1) is 0 Å². The normalized spacial score (nSPS) is 11.7. The van der Waals surface area contributed by atoms with E-state index in [-0.39, 0.29) is 5.28 Å². The van der Waals surface area contributed by atoms with Gasteiger partial charge in [0.05, 0.1) is 5.69 Å². The Bertz CT molecular complexity index is 1070. The van der Waals surface area contributed by atoms with Crippen LogP contribution < -0.4 is 0 Å². The molecule has 0 aliphatic heterocycles. The SMILES string of the molecule is C=C(C)c1cc2cnc(Cl)nc2n1-c1cccc(N=S(C)(C)=O)n1. The minimum atomic E-state index is -2.30. The third-order valence-corrected chi connectivity index (χ3v) is 4.02. The van der Waals surface area contributed by atoms with E-state index in [2.05, 4.69) is 25.9 Å². The second-order valence-corrected chi connectivity index (χ2v) is 8.57. The fourth-order valence-electron chi connectivity index (χ4n) is 2.33. The molecule has 0 radical (unpaired) electrons. The molecule has 0 amide bonds. The van der Waals surface area contributed by atoms with E-state index >= 15 is 0 Å². The van der Waals surface area contributed by atoms with Crippen LogP contribution in [0.4, 0.5) is 5.82 Å². The zero-order valence-electron chi connectivity index (χ0n) is 13.5. The largest absolute Gasteiger partial charge is 0.278 e. The standard InChI is InChI=1S/C16H16ClN5OS/c1-10(2)12-8-11-9-18-16(17)20-15(11)22(12)14-7-5-6-13(19-14)21-24(3,4)23/h5-9H,1H2,2-4H3. The molecular formula is C16H16ClN5OS. The number of allylic oxidation sites excluding steroid dienone is 1. The zero-order chi connectivity index (χ0) is 17.5. The van der Waals surface area contributed by atoms with Crippen LogP contribution in [0.5, 0.6) is 0 Å². The van der Waals surface area contributed by atoms with Gasteiger partial charge in [-0.25, -0.2) is 14.2 Å². The maximum atomic E-state index is 11.9. The molecule has 0 atom stereocenters. The van der Waals surface area contributed by atoms with Crippen molar-refractivity contribution in [2.45, 2.75) is 6.92 Å². The first-order chi connectivity index (χ1) is 11.2. The minimum absolute atomic E-state index is 0.154. The molecule has 6 nitrogen and oxygen atoms in total. The summed E-state index contributed by atoms with van der Waals surface area (Å²) in [6.07, 6.45) is 4.80. The Morgan fingerprint density at radius 1 is 1.33 bits per heavy atom. The Morgan fingerprint density at radius 2 is 2.08 bits per heavy atom. The lowest BCUT2D eigenvalue weighted by Crippen LogP contribution is -2.02. The maximum absolute atomic E-state index is 11.9. The molecule has 8 heteroatoms. The lowest BCUT2D eigenvalue weighted by molar-refractivity contribution is 0.684. The summed E-state index contributed by atoms with van der Waals surface area (Å²) in [5.41, 5.74) is 2.33. The van der Waals surface area contributed by atoms with Crippen LogP contribution >= 0.6 is 11.6 Å². The summed E-state index contributed by atoms with van der Waals surface area (Å²) in [4.78, 5) is 12.8. The van der Waals surface area contributed by atoms with Crippen LogP contribution in [0.1, 0.15) is 12.6 Å². The molecule has 124 valence electrons. The Labute approximate surface area is 145 Å². The second-order valence-electron chi connectivity index (χ2n) is 5.69. The molecule has 3 rings (SSSR count). The fraction of sp³-hybridized carbons (Fsp3) is 0.188. The van der Waals surface area contributed by atoms with E-state index < -0.39 is 9.73 Å². The molecule has 24 heavy (non-hydrogen) atoms. The molecule has 0 bridgehead atoms. The second kappa shape index (κ2) is 5.99. The number of pyridine rings is 1. The third kappa shape index (κ3) is 3.32. The average Bonchev–Trinajstić information content (AvgIpc) is 2.84. The predicted octanol–water partition coefficient (Wildman–Crippen LogP) is 3.86. The summed E-state index contributed by atoms with van der Waals surface area (Å²) in [6.45, 7) is 5.91. The predicted molar refractivity (Wildman–Crippen MR) is 98.5 cm³/mol. The first kappa shape index (κ1) is 16.6. The van der Waals surface area contributed by atoms with E-state index in [0.29, 0.717) is 17.3 Å². The van der Waals surface area contributed by atoms with Crippen molar-refractivity contribution in [2.75, 3.05) is 12.5 Å². The molecule has 3 aromatic rings. The lowest BCUT2D eigenvalue weighted by Gasteiger charge is -2.09.